The maximum absolute atomic E-state index is 10.6. The van der Waals surface area contributed by atoms with Crippen LogP contribution >= 0.6 is 0 Å². The van der Waals surface area contributed by atoms with E-state index in [9.17, 15) is 5.11 Å². The maximum Gasteiger partial charge on any atom is 0.119 e. The summed E-state index contributed by atoms with van der Waals surface area (Å²) in [6, 6.07) is 15.7. The van der Waals surface area contributed by atoms with Gasteiger partial charge in [0.1, 0.15) is 5.75 Å². The molecule has 1 unspecified atom stereocenters. The van der Waals surface area contributed by atoms with E-state index in [2.05, 4.69) is 4.98 Å². The number of aliphatic hydroxyl groups is 1. The Labute approximate surface area is 123 Å². The number of methoxy groups -OCH3 is 1. The number of hydrogen-bond acceptors (Lipinski definition) is 3. The summed E-state index contributed by atoms with van der Waals surface area (Å²) in [7, 11) is 1.64. The smallest absolute Gasteiger partial charge is 0.119 e. The molecule has 3 nitrogen and oxygen atoms in total. The predicted molar refractivity (Wildman–Crippen MR) is 83.4 cm³/mol. The molecular formula is C18H17NO2. The summed E-state index contributed by atoms with van der Waals surface area (Å²) in [5.41, 5.74) is 1.95. The van der Waals surface area contributed by atoms with Crippen molar-refractivity contribution in [2.24, 2.45) is 0 Å². The van der Waals surface area contributed by atoms with Crippen molar-refractivity contribution in [3.63, 3.8) is 0 Å². The zero-order chi connectivity index (χ0) is 14.7. The van der Waals surface area contributed by atoms with E-state index < -0.39 is 6.10 Å². The summed E-state index contributed by atoms with van der Waals surface area (Å²) in [6.45, 7) is 0. The van der Waals surface area contributed by atoms with Crippen LogP contribution in [0.3, 0.4) is 0 Å². The number of benzene rings is 2. The van der Waals surface area contributed by atoms with E-state index in [-0.39, 0.29) is 0 Å². The highest BCUT2D eigenvalue weighted by Crippen LogP contribution is 2.26. The van der Waals surface area contributed by atoms with Crippen molar-refractivity contribution in [1.29, 1.82) is 0 Å². The molecule has 1 aromatic heterocycles. The van der Waals surface area contributed by atoms with E-state index in [0.717, 1.165) is 27.6 Å². The number of fused-ring (bicyclic) bond motifs is 1. The molecule has 0 aliphatic rings. The molecule has 0 fully saturated rings. The third kappa shape index (κ3) is 2.88. The van der Waals surface area contributed by atoms with Gasteiger partial charge in [-0.25, -0.2) is 0 Å². The molecule has 1 N–H and O–H groups in total. The molecule has 3 rings (SSSR count). The van der Waals surface area contributed by atoms with Crippen LogP contribution in [0, 0.1) is 0 Å². The van der Waals surface area contributed by atoms with Crippen molar-refractivity contribution in [1.82, 2.24) is 4.98 Å². The molecule has 0 amide bonds. The van der Waals surface area contributed by atoms with Gasteiger partial charge in [-0.3, -0.25) is 4.98 Å². The first-order valence-electron chi connectivity index (χ1n) is 6.91. The SMILES string of the molecule is COc1cccc(CC(O)c2cccc3ccncc23)c1. The molecule has 3 heteroatoms. The average molecular weight is 279 g/mol. The van der Waals surface area contributed by atoms with Gasteiger partial charge in [0.15, 0.2) is 0 Å². The van der Waals surface area contributed by atoms with Gasteiger partial charge in [-0.2, -0.15) is 0 Å². The van der Waals surface area contributed by atoms with E-state index >= 15 is 0 Å². The topological polar surface area (TPSA) is 42.4 Å². The van der Waals surface area contributed by atoms with Crippen LogP contribution < -0.4 is 4.74 Å². The Morgan fingerprint density at radius 2 is 2.00 bits per heavy atom. The molecule has 1 heterocycles. The number of aliphatic hydroxyl groups excluding tert-OH is 1. The number of hydrogen-bond donors (Lipinski definition) is 1. The lowest BCUT2D eigenvalue weighted by Gasteiger charge is -2.14. The quantitative estimate of drug-likeness (QED) is 0.794. The van der Waals surface area contributed by atoms with Gasteiger partial charge in [-0.15, -0.1) is 0 Å². The van der Waals surface area contributed by atoms with Gasteiger partial charge in [-0.1, -0.05) is 30.3 Å². The minimum Gasteiger partial charge on any atom is -0.497 e. The lowest BCUT2D eigenvalue weighted by atomic mass is 9.97. The monoisotopic (exact) mass is 279 g/mol. The molecule has 0 aliphatic carbocycles. The Balaban J connectivity index is 1.91. The van der Waals surface area contributed by atoms with Gasteiger partial charge in [0, 0.05) is 24.2 Å². The highest BCUT2D eigenvalue weighted by atomic mass is 16.5. The van der Waals surface area contributed by atoms with Gasteiger partial charge in [-0.05, 0) is 34.7 Å². The molecule has 3 aromatic rings. The third-order valence-corrected chi connectivity index (χ3v) is 3.64. The third-order valence-electron chi connectivity index (χ3n) is 3.64. The lowest BCUT2D eigenvalue weighted by Crippen LogP contribution is -2.03. The van der Waals surface area contributed by atoms with Gasteiger partial charge in [0.25, 0.3) is 0 Å². The molecule has 2 aromatic carbocycles. The Morgan fingerprint density at radius 1 is 1.14 bits per heavy atom. The van der Waals surface area contributed by atoms with Crippen molar-refractivity contribution in [3.8, 4) is 5.75 Å². The van der Waals surface area contributed by atoms with Crippen molar-refractivity contribution in [2.45, 2.75) is 12.5 Å². The summed E-state index contributed by atoms with van der Waals surface area (Å²) in [4.78, 5) is 4.16. The Hall–Kier alpha value is -2.39. The van der Waals surface area contributed by atoms with Crippen molar-refractivity contribution in [3.05, 3.63) is 72.1 Å². The zero-order valence-corrected chi connectivity index (χ0v) is 11.9. The largest absolute Gasteiger partial charge is 0.497 e. The van der Waals surface area contributed by atoms with Crippen LogP contribution in [-0.4, -0.2) is 17.2 Å². The Bertz CT molecular complexity index is 750. The number of ether oxygens (including phenoxy) is 1. The van der Waals surface area contributed by atoms with E-state index in [0.29, 0.717) is 6.42 Å². The molecule has 106 valence electrons. The molecule has 0 saturated carbocycles. The van der Waals surface area contributed by atoms with Crippen LogP contribution in [0.2, 0.25) is 0 Å². The van der Waals surface area contributed by atoms with Crippen LogP contribution in [-0.2, 0) is 6.42 Å². The first-order chi connectivity index (χ1) is 10.3. The molecular weight excluding hydrogens is 262 g/mol. The second-order valence-electron chi connectivity index (χ2n) is 5.02. The first-order valence-corrected chi connectivity index (χ1v) is 6.91. The normalized spacial score (nSPS) is 12.3. The molecule has 0 saturated heterocycles. The minimum atomic E-state index is -0.565. The van der Waals surface area contributed by atoms with Crippen LogP contribution in [0.5, 0.6) is 5.75 Å². The maximum atomic E-state index is 10.6. The predicted octanol–water partition coefficient (Wildman–Crippen LogP) is 3.52. The fourth-order valence-corrected chi connectivity index (χ4v) is 2.56. The van der Waals surface area contributed by atoms with E-state index in [4.69, 9.17) is 4.74 Å². The van der Waals surface area contributed by atoms with Gasteiger partial charge >= 0.3 is 0 Å². The number of rotatable bonds is 4. The number of aromatic nitrogens is 1. The summed E-state index contributed by atoms with van der Waals surface area (Å²) in [5.74, 6) is 0.805. The summed E-state index contributed by atoms with van der Waals surface area (Å²) < 4.78 is 5.22. The van der Waals surface area contributed by atoms with Crippen molar-refractivity contribution < 1.29 is 9.84 Å². The zero-order valence-electron chi connectivity index (χ0n) is 11.9. The number of pyridine rings is 1. The van der Waals surface area contributed by atoms with Gasteiger partial charge in [0.2, 0.25) is 0 Å². The highest BCUT2D eigenvalue weighted by molar-refractivity contribution is 5.85. The van der Waals surface area contributed by atoms with Crippen LogP contribution in [0.25, 0.3) is 10.8 Å². The standard InChI is InChI=1S/C18H17NO2/c1-21-15-6-2-4-13(10-15)11-18(20)16-7-3-5-14-8-9-19-12-17(14)16/h2-10,12,18,20H,11H2,1H3. The lowest BCUT2D eigenvalue weighted by molar-refractivity contribution is 0.180. The second-order valence-corrected chi connectivity index (χ2v) is 5.02. The molecule has 0 spiro atoms. The van der Waals surface area contributed by atoms with E-state index in [1.165, 1.54) is 0 Å². The fourth-order valence-electron chi connectivity index (χ4n) is 2.56. The van der Waals surface area contributed by atoms with Crippen molar-refractivity contribution >= 4 is 10.8 Å². The highest BCUT2D eigenvalue weighted by Gasteiger charge is 2.12. The number of nitrogens with zero attached hydrogens (tertiary/aromatic N) is 1. The van der Waals surface area contributed by atoms with Crippen LogP contribution in [0.1, 0.15) is 17.2 Å². The van der Waals surface area contributed by atoms with Crippen LogP contribution in [0.15, 0.2) is 60.9 Å². The summed E-state index contributed by atoms with van der Waals surface area (Å²) in [5, 5.41) is 12.7. The summed E-state index contributed by atoms with van der Waals surface area (Å²) in [6.07, 6.45) is 3.55. The summed E-state index contributed by atoms with van der Waals surface area (Å²) >= 11 is 0. The molecule has 0 bridgehead atoms. The van der Waals surface area contributed by atoms with E-state index in [1.54, 1.807) is 19.5 Å². The average Bonchev–Trinajstić information content (AvgIpc) is 2.54. The molecule has 0 aliphatic heterocycles. The van der Waals surface area contributed by atoms with Gasteiger partial charge < -0.3 is 9.84 Å². The molecule has 21 heavy (non-hydrogen) atoms. The first kappa shape index (κ1) is 13.6. The second kappa shape index (κ2) is 5.94. The molecule has 1 atom stereocenters. The van der Waals surface area contributed by atoms with Crippen LogP contribution in [0.4, 0.5) is 0 Å². The van der Waals surface area contributed by atoms with Gasteiger partial charge in [0.05, 0.1) is 13.2 Å². The Kier molecular flexibility index (Phi) is 3.84. The van der Waals surface area contributed by atoms with Crippen molar-refractivity contribution in [2.75, 3.05) is 7.11 Å². The molecule has 0 radical (unpaired) electrons. The fraction of sp³-hybridized carbons (Fsp3) is 0.167. The van der Waals surface area contributed by atoms with E-state index in [1.807, 2.05) is 48.5 Å². The minimum absolute atomic E-state index is 0.547. The Morgan fingerprint density at radius 3 is 2.86 bits per heavy atom.